The van der Waals surface area contributed by atoms with E-state index >= 15 is 0 Å². The monoisotopic (exact) mass is 384 g/mol. The highest BCUT2D eigenvalue weighted by Gasteiger charge is 2.40. The number of likely N-dealkylation sites (tertiary alicyclic amines) is 1. The van der Waals surface area contributed by atoms with E-state index in [9.17, 15) is 4.79 Å². The number of aryl methyl sites for hydroxylation is 1. The number of rotatable bonds is 4. The smallest absolute Gasteiger partial charge is 0.251 e. The Morgan fingerprint density at radius 1 is 0.897 bits per heavy atom. The van der Waals surface area contributed by atoms with Crippen molar-refractivity contribution in [1.29, 1.82) is 0 Å². The van der Waals surface area contributed by atoms with Gasteiger partial charge in [-0.2, -0.15) is 0 Å². The van der Waals surface area contributed by atoms with Gasteiger partial charge in [0, 0.05) is 18.7 Å². The van der Waals surface area contributed by atoms with Crippen molar-refractivity contribution in [3.63, 3.8) is 0 Å². The highest BCUT2D eigenvalue weighted by molar-refractivity contribution is 5.98. The first-order valence-electron chi connectivity index (χ1n) is 10.8. The molecule has 5 rings (SSSR count). The Bertz CT molecular complexity index is 1030. The number of hydrogen-bond acceptors (Lipinski definition) is 2. The molecule has 29 heavy (non-hydrogen) atoms. The lowest BCUT2D eigenvalue weighted by Gasteiger charge is -2.40. The molecule has 0 radical (unpaired) electrons. The van der Waals surface area contributed by atoms with Gasteiger partial charge in [-0.15, -0.1) is 0 Å². The Hall–Kier alpha value is -2.65. The van der Waals surface area contributed by atoms with E-state index in [1.165, 1.54) is 31.1 Å². The van der Waals surface area contributed by atoms with Gasteiger partial charge in [0.05, 0.1) is 0 Å². The molecule has 3 nitrogen and oxygen atoms in total. The lowest BCUT2D eigenvalue weighted by atomic mass is 9.74. The molecule has 2 aliphatic rings. The fourth-order valence-corrected chi connectivity index (χ4v) is 5.25. The Balaban J connectivity index is 1.14. The quantitative estimate of drug-likeness (QED) is 0.716. The van der Waals surface area contributed by atoms with Gasteiger partial charge in [-0.25, -0.2) is 0 Å². The molecule has 0 unspecified atom stereocenters. The second-order valence-electron chi connectivity index (χ2n) is 8.60. The fraction of sp³-hybridized carbons (Fsp3) is 0.346. The summed E-state index contributed by atoms with van der Waals surface area (Å²) in [5.41, 5.74) is 4.30. The summed E-state index contributed by atoms with van der Waals surface area (Å²) >= 11 is 0. The maximum absolute atomic E-state index is 12.5. The third kappa shape index (κ3) is 3.56. The number of amides is 1. The van der Waals surface area contributed by atoms with Gasteiger partial charge in [-0.3, -0.25) is 4.79 Å². The molecular formula is C26H28N2O. The van der Waals surface area contributed by atoms with Gasteiger partial charge < -0.3 is 10.2 Å². The van der Waals surface area contributed by atoms with E-state index < -0.39 is 0 Å². The van der Waals surface area contributed by atoms with Crippen LogP contribution in [-0.2, 0) is 11.8 Å². The van der Waals surface area contributed by atoms with Gasteiger partial charge in [0.1, 0.15) is 0 Å². The normalized spacial score (nSPS) is 18.1. The molecule has 0 bridgehead atoms. The molecule has 1 fully saturated rings. The third-order valence-electron chi connectivity index (χ3n) is 7.00. The number of carbonyl (C=O) groups is 1. The van der Waals surface area contributed by atoms with Crippen molar-refractivity contribution in [2.24, 2.45) is 0 Å². The second-order valence-corrected chi connectivity index (χ2v) is 8.60. The highest BCUT2D eigenvalue weighted by Crippen LogP contribution is 2.45. The molecule has 0 saturated carbocycles. The van der Waals surface area contributed by atoms with Crippen molar-refractivity contribution in [3.8, 4) is 0 Å². The van der Waals surface area contributed by atoms with E-state index in [0.717, 1.165) is 30.6 Å². The van der Waals surface area contributed by atoms with Gasteiger partial charge >= 0.3 is 0 Å². The molecule has 0 atom stereocenters. The Morgan fingerprint density at radius 2 is 1.66 bits per heavy atom. The van der Waals surface area contributed by atoms with E-state index in [0.29, 0.717) is 12.0 Å². The first-order chi connectivity index (χ1) is 14.2. The zero-order valence-electron chi connectivity index (χ0n) is 16.9. The summed E-state index contributed by atoms with van der Waals surface area (Å²) in [5.74, 6) is 0.0222. The number of benzene rings is 3. The summed E-state index contributed by atoms with van der Waals surface area (Å²) in [4.78, 5) is 15.0. The number of nitrogens with zero attached hydrogens (tertiary/aromatic N) is 1. The van der Waals surface area contributed by atoms with Crippen LogP contribution in [-0.4, -0.2) is 37.0 Å². The van der Waals surface area contributed by atoms with Crippen LogP contribution in [0.3, 0.4) is 0 Å². The topological polar surface area (TPSA) is 32.3 Å². The van der Waals surface area contributed by atoms with Crippen LogP contribution >= 0.6 is 0 Å². The molecule has 3 aromatic rings. The zero-order chi connectivity index (χ0) is 19.7. The Morgan fingerprint density at radius 3 is 2.52 bits per heavy atom. The molecule has 1 spiro atoms. The van der Waals surface area contributed by atoms with Gasteiger partial charge in [-0.1, -0.05) is 54.6 Å². The summed E-state index contributed by atoms with van der Waals surface area (Å²) in [6.45, 7) is 3.88. The predicted molar refractivity (Wildman–Crippen MR) is 118 cm³/mol. The largest absolute Gasteiger partial charge is 0.351 e. The minimum atomic E-state index is 0.0222. The van der Waals surface area contributed by atoms with E-state index in [2.05, 4.69) is 46.6 Å². The van der Waals surface area contributed by atoms with Gasteiger partial charge in [0.15, 0.2) is 0 Å². The van der Waals surface area contributed by atoms with E-state index in [1.807, 2.05) is 30.3 Å². The van der Waals surface area contributed by atoms with E-state index in [1.54, 1.807) is 11.1 Å². The molecule has 1 aliphatic carbocycles. The van der Waals surface area contributed by atoms with Crippen molar-refractivity contribution in [3.05, 3.63) is 83.4 Å². The number of fused-ring (bicyclic) bond motifs is 3. The maximum Gasteiger partial charge on any atom is 0.251 e. The summed E-state index contributed by atoms with van der Waals surface area (Å²) in [6, 6.07) is 23.1. The number of carbonyl (C=O) groups excluding carboxylic acids is 1. The van der Waals surface area contributed by atoms with Crippen molar-refractivity contribution in [2.45, 2.75) is 31.1 Å². The summed E-state index contributed by atoms with van der Waals surface area (Å²) < 4.78 is 0. The highest BCUT2D eigenvalue weighted by atomic mass is 16.1. The first-order valence-corrected chi connectivity index (χ1v) is 10.8. The SMILES string of the molecule is O=C(NCCN1CCC2(CCc3ccccc32)CC1)c1ccc2ccccc2c1. The van der Waals surface area contributed by atoms with Crippen LogP contribution in [0.15, 0.2) is 66.7 Å². The third-order valence-corrected chi connectivity index (χ3v) is 7.00. The van der Waals surface area contributed by atoms with Crippen LogP contribution in [0.2, 0.25) is 0 Å². The fourth-order valence-electron chi connectivity index (χ4n) is 5.25. The van der Waals surface area contributed by atoms with Crippen LogP contribution in [0.25, 0.3) is 10.8 Å². The van der Waals surface area contributed by atoms with Gasteiger partial charge in [0.2, 0.25) is 0 Å². The van der Waals surface area contributed by atoms with Crippen LogP contribution in [0.5, 0.6) is 0 Å². The average Bonchev–Trinajstić information content (AvgIpc) is 3.13. The number of piperidine rings is 1. The maximum atomic E-state index is 12.5. The zero-order valence-corrected chi connectivity index (χ0v) is 16.9. The van der Waals surface area contributed by atoms with Crippen LogP contribution in [0, 0.1) is 0 Å². The van der Waals surface area contributed by atoms with Crippen molar-refractivity contribution < 1.29 is 4.79 Å². The van der Waals surface area contributed by atoms with Crippen LogP contribution in [0.1, 0.15) is 40.7 Å². The molecule has 3 aromatic carbocycles. The molecule has 1 aliphatic heterocycles. The Labute approximate surface area is 172 Å². The molecule has 148 valence electrons. The average molecular weight is 385 g/mol. The first kappa shape index (κ1) is 18.4. The van der Waals surface area contributed by atoms with Gasteiger partial charge in [-0.05, 0) is 78.2 Å². The van der Waals surface area contributed by atoms with Crippen molar-refractivity contribution in [2.75, 3.05) is 26.2 Å². The van der Waals surface area contributed by atoms with Crippen molar-refractivity contribution in [1.82, 2.24) is 10.2 Å². The number of hydrogen-bond donors (Lipinski definition) is 1. The van der Waals surface area contributed by atoms with Crippen molar-refractivity contribution >= 4 is 16.7 Å². The number of nitrogens with one attached hydrogen (secondary N) is 1. The second kappa shape index (κ2) is 7.64. The molecule has 1 amide bonds. The predicted octanol–water partition coefficient (Wildman–Crippen LogP) is 4.55. The Kier molecular flexibility index (Phi) is 4.84. The molecule has 1 N–H and O–H groups in total. The van der Waals surface area contributed by atoms with Crippen LogP contribution in [0.4, 0.5) is 0 Å². The lowest BCUT2D eigenvalue weighted by Crippen LogP contribution is -2.44. The summed E-state index contributed by atoms with van der Waals surface area (Å²) in [6.07, 6.45) is 5.02. The summed E-state index contributed by atoms with van der Waals surface area (Å²) in [7, 11) is 0. The minimum Gasteiger partial charge on any atom is -0.351 e. The van der Waals surface area contributed by atoms with Crippen LogP contribution < -0.4 is 5.32 Å². The summed E-state index contributed by atoms with van der Waals surface area (Å²) in [5, 5.41) is 5.38. The van der Waals surface area contributed by atoms with E-state index in [4.69, 9.17) is 0 Å². The molecular weight excluding hydrogens is 356 g/mol. The minimum absolute atomic E-state index is 0.0222. The molecule has 1 saturated heterocycles. The lowest BCUT2D eigenvalue weighted by molar-refractivity contribution is 0.0941. The molecule has 3 heteroatoms. The molecule has 1 heterocycles. The standard InChI is InChI=1S/C26H28N2O/c29-25(23-10-9-20-5-1-2-7-22(20)19-23)27-15-18-28-16-13-26(14-17-28)12-11-21-6-3-4-8-24(21)26/h1-10,19H,11-18H2,(H,27,29). The molecule has 0 aromatic heterocycles. The van der Waals surface area contributed by atoms with Gasteiger partial charge in [0.25, 0.3) is 5.91 Å². The van der Waals surface area contributed by atoms with E-state index in [-0.39, 0.29) is 5.91 Å².